The van der Waals surface area contributed by atoms with E-state index in [1.54, 1.807) is 24.1 Å². The van der Waals surface area contributed by atoms with Crippen molar-refractivity contribution in [1.29, 1.82) is 0 Å². The average Bonchev–Trinajstić information content (AvgIpc) is 2.63. The van der Waals surface area contributed by atoms with Crippen LogP contribution < -0.4 is 19.9 Å². The van der Waals surface area contributed by atoms with Gasteiger partial charge in [-0.3, -0.25) is 4.79 Å². The Bertz CT molecular complexity index is 709. The van der Waals surface area contributed by atoms with Crippen molar-refractivity contribution in [3.63, 3.8) is 0 Å². The Morgan fingerprint density at radius 1 is 1.12 bits per heavy atom. The lowest BCUT2D eigenvalue weighted by Crippen LogP contribution is -3.12. The number of benzene rings is 2. The molecule has 5 heteroatoms. The Morgan fingerprint density at radius 2 is 1.88 bits per heavy atom. The van der Waals surface area contributed by atoms with Gasteiger partial charge in [0.05, 0.1) is 51.7 Å². The van der Waals surface area contributed by atoms with E-state index in [0.717, 1.165) is 37.6 Å². The molecule has 2 aromatic rings. The Balaban J connectivity index is 1.78. The van der Waals surface area contributed by atoms with Gasteiger partial charge in [-0.15, -0.1) is 0 Å². The third-order valence-corrected chi connectivity index (χ3v) is 4.44. The molecule has 0 spiro atoms. The van der Waals surface area contributed by atoms with E-state index in [2.05, 4.69) is 23.3 Å². The first kappa shape index (κ1) is 16.3. The smallest absolute Gasteiger partial charge is 0.255 e. The summed E-state index contributed by atoms with van der Waals surface area (Å²) < 4.78 is 5.19. The van der Waals surface area contributed by atoms with Crippen molar-refractivity contribution >= 4 is 17.3 Å². The Morgan fingerprint density at radius 3 is 2.62 bits per heavy atom. The quantitative estimate of drug-likeness (QED) is 0.890. The van der Waals surface area contributed by atoms with Crippen molar-refractivity contribution < 1.29 is 14.4 Å². The molecule has 1 amide bonds. The Kier molecular flexibility index (Phi) is 5.01. The fraction of sp³-hybridized carbons (Fsp3) is 0.316. The van der Waals surface area contributed by atoms with Gasteiger partial charge in [0.15, 0.2) is 0 Å². The topological polar surface area (TPSA) is 46.0 Å². The highest BCUT2D eigenvalue weighted by molar-refractivity contribution is 6.06. The normalized spacial score (nSPS) is 15.2. The third-order valence-electron chi connectivity index (χ3n) is 4.44. The van der Waals surface area contributed by atoms with Gasteiger partial charge in [0.2, 0.25) is 0 Å². The van der Waals surface area contributed by atoms with Crippen molar-refractivity contribution in [2.24, 2.45) is 0 Å². The molecule has 2 aromatic carbocycles. The first-order valence-corrected chi connectivity index (χ1v) is 8.28. The van der Waals surface area contributed by atoms with E-state index >= 15 is 0 Å². The molecule has 126 valence electrons. The summed E-state index contributed by atoms with van der Waals surface area (Å²) in [7, 11) is 3.81. The number of anilines is 2. The van der Waals surface area contributed by atoms with Crippen LogP contribution in [0.25, 0.3) is 0 Å². The number of hydrogen-bond donors (Lipinski definition) is 2. The van der Waals surface area contributed by atoms with Crippen LogP contribution in [-0.4, -0.2) is 46.2 Å². The molecule has 1 saturated heterocycles. The maximum Gasteiger partial charge on any atom is 0.255 e. The lowest BCUT2D eigenvalue weighted by Gasteiger charge is -2.33. The number of rotatable bonds is 4. The average molecular weight is 326 g/mol. The van der Waals surface area contributed by atoms with Crippen molar-refractivity contribution in [3.8, 4) is 5.75 Å². The minimum Gasteiger partial charge on any atom is -0.497 e. The zero-order valence-corrected chi connectivity index (χ0v) is 14.2. The largest absolute Gasteiger partial charge is 0.497 e. The summed E-state index contributed by atoms with van der Waals surface area (Å²) in [5, 5.41) is 3.04. The molecule has 5 nitrogen and oxygen atoms in total. The van der Waals surface area contributed by atoms with Crippen LogP contribution in [0.5, 0.6) is 5.75 Å². The van der Waals surface area contributed by atoms with Gasteiger partial charge in [0, 0.05) is 5.56 Å². The van der Waals surface area contributed by atoms with E-state index in [0.29, 0.717) is 11.3 Å². The predicted molar refractivity (Wildman–Crippen MR) is 96.2 cm³/mol. The van der Waals surface area contributed by atoms with Crippen LogP contribution in [0.3, 0.4) is 0 Å². The third kappa shape index (κ3) is 3.68. The van der Waals surface area contributed by atoms with Gasteiger partial charge in [0.25, 0.3) is 5.91 Å². The van der Waals surface area contributed by atoms with Crippen LogP contribution in [0.2, 0.25) is 0 Å². The van der Waals surface area contributed by atoms with Crippen LogP contribution >= 0.6 is 0 Å². The SMILES string of the molecule is COc1cccc(C(=O)Nc2ccccc2N2CC[NH+](C)CC2)c1. The molecule has 0 saturated carbocycles. The summed E-state index contributed by atoms with van der Waals surface area (Å²) in [6.07, 6.45) is 0. The number of piperazine rings is 1. The first-order valence-electron chi connectivity index (χ1n) is 8.28. The van der Waals surface area contributed by atoms with Gasteiger partial charge in [-0.25, -0.2) is 0 Å². The highest BCUT2D eigenvalue weighted by Crippen LogP contribution is 2.26. The summed E-state index contributed by atoms with van der Waals surface area (Å²) in [5.74, 6) is 0.555. The van der Waals surface area contributed by atoms with E-state index < -0.39 is 0 Å². The zero-order chi connectivity index (χ0) is 16.9. The molecule has 0 aliphatic carbocycles. The van der Waals surface area contributed by atoms with Crippen molar-refractivity contribution in [2.45, 2.75) is 0 Å². The second-order valence-electron chi connectivity index (χ2n) is 6.15. The second kappa shape index (κ2) is 7.36. The van der Waals surface area contributed by atoms with Gasteiger partial charge in [-0.05, 0) is 30.3 Å². The number of likely N-dealkylation sites (N-methyl/N-ethyl adjacent to an activating group) is 1. The summed E-state index contributed by atoms with van der Waals surface area (Å²) >= 11 is 0. The minimum atomic E-state index is -0.124. The van der Waals surface area contributed by atoms with Crippen molar-refractivity contribution in [1.82, 2.24) is 0 Å². The van der Waals surface area contributed by atoms with Gasteiger partial charge in [0.1, 0.15) is 5.75 Å². The zero-order valence-electron chi connectivity index (χ0n) is 14.2. The van der Waals surface area contributed by atoms with E-state index in [1.165, 1.54) is 0 Å². The fourth-order valence-electron chi connectivity index (χ4n) is 2.94. The highest BCUT2D eigenvalue weighted by Gasteiger charge is 2.20. The number of hydrogen-bond acceptors (Lipinski definition) is 3. The van der Waals surface area contributed by atoms with E-state index in [1.807, 2.05) is 30.3 Å². The molecule has 0 atom stereocenters. The predicted octanol–water partition coefficient (Wildman–Crippen LogP) is 1.28. The number of nitrogens with one attached hydrogen (secondary N) is 2. The molecule has 24 heavy (non-hydrogen) atoms. The van der Waals surface area contributed by atoms with E-state index in [-0.39, 0.29) is 5.91 Å². The standard InChI is InChI=1S/C19H23N3O2/c1-21-10-12-22(13-11-21)18-9-4-3-8-17(18)20-19(23)15-6-5-7-16(14-15)24-2/h3-9,14H,10-13H2,1-2H3,(H,20,23)/p+1. The fourth-order valence-corrected chi connectivity index (χ4v) is 2.94. The number of methoxy groups -OCH3 is 1. The van der Waals surface area contributed by atoms with Gasteiger partial charge < -0.3 is 19.9 Å². The maximum atomic E-state index is 12.6. The summed E-state index contributed by atoms with van der Waals surface area (Å²) in [6.45, 7) is 4.21. The van der Waals surface area contributed by atoms with Crippen molar-refractivity contribution in [2.75, 3.05) is 50.6 Å². The monoisotopic (exact) mass is 326 g/mol. The number of nitrogens with zero attached hydrogens (tertiary/aromatic N) is 1. The van der Waals surface area contributed by atoms with Crippen LogP contribution in [-0.2, 0) is 0 Å². The van der Waals surface area contributed by atoms with Crippen LogP contribution in [0.4, 0.5) is 11.4 Å². The molecule has 3 rings (SSSR count). The molecule has 1 aliphatic heterocycles. The van der Waals surface area contributed by atoms with E-state index in [9.17, 15) is 4.79 Å². The molecule has 0 radical (unpaired) electrons. The number of ether oxygens (including phenoxy) is 1. The molecule has 1 heterocycles. The highest BCUT2D eigenvalue weighted by atomic mass is 16.5. The first-order chi connectivity index (χ1) is 11.7. The number of quaternary nitrogens is 1. The van der Waals surface area contributed by atoms with Gasteiger partial charge in [-0.2, -0.15) is 0 Å². The molecule has 1 fully saturated rings. The Labute approximate surface area is 142 Å². The minimum absolute atomic E-state index is 0.124. The second-order valence-corrected chi connectivity index (χ2v) is 6.15. The Hall–Kier alpha value is -2.53. The number of para-hydroxylation sites is 2. The summed E-state index contributed by atoms with van der Waals surface area (Å²) in [4.78, 5) is 16.5. The van der Waals surface area contributed by atoms with E-state index in [4.69, 9.17) is 4.74 Å². The van der Waals surface area contributed by atoms with Crippen LogP contribution in [0.15, 0.2) is 48.5 Å². The molecule has 0 aromatic heterocycles. The lowest BCUT2D eigenvalue weighted by atomic mass is 10.1. The number of amides is 1. The van der Waals surface area contributed by atoms with Gasteiger partial charge >= 0.3 is 0 Å². The molecule has 0 unspecified atom stereocenters. The molecular weight excluding hydrogens is 302 g/mol. The van der Waals surface area contributed by atoms with Crippen molar-refractivity contribution in [3.05, 3.63) is 54.1 Å². The lowest BCUT2D eigenvalue weighted by molar-refractivity contribution is -0.880. The van der Waals surface area contributed by atoms with Gasteiger partial charge in [-0.1, -0.05) is 18.2 Å². The molecular formula is C19H24N3O2+. The summed E-state index contributed by atoms with van der Waals surface area (Å²) in [6, 6.07) is 15.2. The van der Waals surface area contributed by atoms with Crippen LogP contribution in [0, 0.1) is 0 Å². The molecule has 0 bridgehead atoms. The van der Waals surface area contributed by atoms with Crippen LogP contribution in [0.1, 0.15) is 10.4 Å². The summed E-state index contributed by atoms with van der Waals surface area (Å²) in [5.41, 5.74) is 2.53. The molecule has 1 aliphatic rings. The maximum absolute atomic E-state index is 12.6. The number of carbonyl (C=O) groups excluding carboxylic acids is 1. The number of carbonyl (C=O) groups is 1. The molecule has 2 N–H and O–H groups in total.